The monoisotopic (exact) mass is 1070 g/mol. The number of rotatable bonds is 55. The van der Waals surface area contributed by atoms with Crippen LogP contribution in [-0.4, -0.2) is 37.2 Å². The zero-order valence-corrected chi connectivity index (χ0v) is 50.1. The molecule has 0 aromatic heterocycles. The maximum atomic E-state index is 12.9. The van der Waals surface area contributed by atoms with Crippen molar-refractivity contribution in [1.82, 2.24) is 0 Å². The highest BCUT2D eigenvalue weighted by Crippen LogP contribution is 2.13. The first kappa shape index (κ1) is 73.0. The number of hydrogen-bond donors (Lipinski definition) is 0. The van der Waals surface area contributed by atoms with Gasteiger partial charge in [0.05, 0.1) is 0 Å². The van der Waals surface area contributed by atoms with Gasteiger partial charge in [-0.1, -0.05) is 249 Å². The summed E-state index contributed by atoms with van der Waals surface area (Å²) in [6.07, 6.45) is 93.8. The van der Waals surface area contributed by atoms with Crippen molar-refractivity contribution in [2.24, 2.45) is 0 Å². The highest BCUT2D eigenvalue weighted by molar-refractivity contribution is 5.71. The third-order valence-electron chi connectivity index (χ3n) is 12.7. The summed E-state index contributed by atoms with van der Waals surface area (Å²) in [5, 5.41) is 0. The van der Waals surface area contributed by atoms with E-state index in [1.165, 1.54) is 57.8 Å². The fourth-order valence-corrected chi connectivity index (χ4v) is 8.09. The molecule has 0 amide bonds. The molecule has 78 heavy (non-hydrogen) atoms. The summed E-state index contributed by atoms with van der Waals surface area (Å²) < 4.78 is 16.9. The van der Waals surface area contributed by atoms with Crippen LogP contribution in [0.25, 0.3) is 0 Å². The lowest BCUT2D eigenvalue weighted by molar-refractivity contribution is -0.167. The van der Waals surface area contributed by atoms with Crippen LogP contribution < -0.4 is 0 Å². The van der Waals surface area contributed by atoms with E-state index in [9.17, 15) is 14.4 Å². The minimum atomic E-state index is -0.822. The van der Waals surface area contributed by atoms with Crippen LogP contribution in [-0.2, 0) is 28.6 Å². The normalized spacial score (nSPS) is 13.2. The zero-order chi connectivity index (χ0) is 56.4. The molecule has 0 rings (SSSR count). The van der Waals surface area contributed by atoms with E-state index >= 15 is 0 Å². The highest BCUT2D eigenvalue weighted by Gasteiger charge is 2.19. The molecule has 0 spiro atoms. The van der Waals surface area contributed by atoms with Gasteiger partial charge in [-0.05, 0) is 148 Å². The fraction of sp³-hybridized carbons (Fsp3) is 0.597. The molecule has 0 saturated heterocycles. The Labute approximate surface area is 480 Å². The second-order valence-corrected chi connectivity index (χ2v) is 20.2. The molecule has 0 aromatic rings. The number of hydrogen-bond acceptors (Lipinski definition) is 6. The third-order valence-corrected chi connectivity index (χ3v) is 12.7. The van der Waals surface area contributed by atoms with Crippen molar-refractivity contribution in [1.29, 1.82) is 0 Å². The minimum Gasteiger partial charge on any atom is -0.462 e. The minimum absolute atomic E-state index is 0.113. The highest BCUT2D eigenvalue weighted by atomic mass is 16.6. The van der Waals surface area contributed by atoms with Crippen LogP contribution in [0.4, 0.5) is 0 Å². The number of unbranched alkanes of at least 4 members (excludes halogenated alkanes) is 18. The first-order valence-electron chi connectivity index (χ1n) is 31.5. The van der Waals surface area contributed by atoms with Crippen molar-refractivity contribution in [3.8, 4) is 0 Å². The third kappa shape index (κ3) is 61.9. The summed E-state index contributed by atoms with van der Waals surface area (Å²) in [6.45, 7) is 6.34. The van der Waals surface area contributed by atoms with E-state index in [2.05, 4.69) is 179 Å². The molecule has 0 radical (unpaired) electrons. The summed E-state index contributed by atoms with van der Waals surface area (Å²) >= 11 is 0. The van der Waals surface area contributed by atoms with Crippen molar-refractivity contribution in [2.75, 3.05) is 13.2 Å². The Morgan fingerprint density at radius 2 is 0.500 bits per heavy atom. The quantitative estimate of drug-likeness (QED) is 0.0261. The second-order valence-electron chi connectivity index (χ2n) is 20.2. The molecular formula is C72H114O6. The molecule has 0 aliphatic carbocycles. The molecule has 6 nitrogen and oxygen atoms in total. The van der Waals surface area contributed by atoms with Crippen molar-refractivity contribution in [2.45, 2.75) is 264 Å². The molecule has 1 unspecified atom stereocenters. The van der Waals surface area contributed by atoms with Gasteiger partial charge in [-0.15, -0.1) is 0 Å². The number of carbonyl (C=O) groups is 3. The fourth-order valence-electron chi connectivity index (χ4n) is 8.09. The van der Waals surface area contributed by atoms with Gasteiger partial charge in [-0.25, -0.2) is 0 Å². The van der Waals surface area contributed by atoms with Crippen LogP contribution in [0.5, 0.6) is 0 Å². The van der Waals surface area contributed by atoms with Gasteiger partial charge in [0, 0.05) is 19.3 Å². The molecule has 0 heterocycles. The lowest BCUT2D eigenvalue weighted by Gasteiger charge is -2.18. The van der Waals surface area contributed by atoms with Crippen molar-refractivity contribution < 1.29 is 28.6 Å². The van der Waals surface area contributed by atoms with E-state index in [1.807, 2.05) is 0 Å². The predicted molar refractivity (Wildman–Crippen MR) is 338 cm³/mol. The van der Waals surface area contributed by atoms with Crippen molar-refractivity contribution >= 4 is 17.9 Å². The van der Waals surface area contributed by atoms with Crippen LogP contribution in [0.1, 0.15) is 258 Å². The second kappa shape index (κ2) is 64.6. The summed E-state index contributed by atoms with van der Waals surface area (Å²) in [7, 11) is 0. The zero-order valence-electron chi connectivity index (χ0n) is 50.1. The molecule has 0 bridgehead atoms. The van der Waals surface area contributed by atoms with Crippen LogP contribution in [0.2, 0.25) is 0 Å². The average molecular weight is 1080 g/mol. The summed E-state index contributed by atoms with van der Waals surface area (Å²) in [6, 6.07) is 0. The van der Waals surface area contributed by atoms with E-state index in [-0.39, 0.29) is 37.5 Å². The lowest BCUT2D eigenvalue weighted by Crippen LogP contribution is -2.30. The molecule has 438 valence electrons. The molecule has 0 aliphatic rings. The summed E-state index contributed by atoms with van der Waals surface area (Å²) in [5.74, 6) is -0.991. The van der Waals surface area contributed by atoms with Crippen LogP contribution in [0.3, 0.4) is 0 Å². The first-order chi connectivity index (χ1) is 38.5. The van der Waals surface area contributed by atoms with E-state index in [1.54, 1.807) is 0 Å². The van der Waals surface area contributed by atoms with Crippen LogP contribution in [0.15, 0.2) is 158 Å². The molecule has 0 aromatic carbocycles. The maximum absolute atomic E-state index is 12.9. The Hall–Kier alpha value is -4.97. The summed E-state index contributed by atoms with van der Waals surface area (Å²) in [5.41, 5.74) is 0. The van der Waals surface area contributed by atoms with Crippen LogP contribution >= 0.6 is 0 Å². The van der Waals surface area contributed by atoms with E-state index < -0.39 is 6.10 Å². The SMILES string of the molecule is CC/C=C\C/C=C\C/C=C\C/C=C\C/C=C\C/C=C\C/C=C\CCCCCC(=O)OCC(COC(=O)CCCCCCC/C=C\CCCCCCCCC)OC(=O)CCCCC/C=C\C/C=C\C/C=C\C/C=C\C/C=C\CC. The maximum Gasteiger partial charge on any atom is 0.306 e. The van der Waals surface area contributed by atoms with Gasteiger partial charge in [0.1, 0.15) is 13.2 Å². The molecule has 6 heteroatoms. The molecular weight excluding hydrogens is 961 g/mol. The molecule has 0 N–H and O–H groups in total. The Bertz CT molecular complexity index is 1760. The Balaban J connectivity index is 4.54. The average Bonchev–Trinajstić information content (AvgIpc) is 3.44. The van der Waals surface area contributed by atoms with E-state index in [4.69, 9.17) is 14.2 Å². The first-order valence-corrected chi connectivity index (χ1v) is 31.5. The lowest BCUT2D eigenvalue weighted by atomic mass is 10.1. The Morgan fingerprint density at radius 3 is 0.808 bits per heavy atom. The number of carbonyl (C=O) groups excluding carboxylic acids is 3. The smallest absolute Gasteiger partial charge is 0.306 e. The van der Waals surface area contributed by atoms with Gasteiger partial charge in [-0.2, -0.15) is 0 Å². The molecule has 0 saturated carbocycles. The van der Waals surface area contributed by atoms with Gasteiger partial charge in [0.15, 0.2) is 6.10 Å². The van der Waals surface area contributed by atoms with E-state index in [0.717, 1.165) is 154 Å². The van der Waals surface area contributed by atoms with Crippen LogP contribution in [0, 0.1) is 0 Å². The van der Waals surface area contributed by atoms with Gasteiger partial charge < -0.3 is 14.2 Å². The van der Waals surface area contributed by atoms with Gasteiger partial charge in [-0.3, -0.25) is 14.4 Å². The Morgan fingerprint density at radius 1 is 0.269 bits per heavy atom. The number of esters is 3. The number of allylic oxidation sites excluding steroid dienone is 26. The number of ether oxygens (including phenoxy) is 3. The van der Waals surface area contributed by atoms with Gasteiger partial charge in [0.25, 0.3) is 0 Å². The van der Waals surface area contributed by atoms with E-state index in [0.29, 0.717) is 19.3 Å². The van der Waals surface area contributed by atoms with Crippen molar-refractivity contribution in [3.05, 3.63) is 158 Å². The van der Waals surface area contributed by atoms with Gasteiger partial charge >= 0.3 is 17.9 Å². The van der Waals surface area contributed by atoms with Crippen molar-refractivity contribution in [3.63, 3.8) is 0 Å². The molecule has 0 aliphatic heterocycles. The Kier molecular flexibility index (Phi) is 60.4. The topological polar surface area (TPSA) is 78.9 Å². The standard InChI is InChI=1S/C72H114O6/c1-4-7-10-13-16-19-22-25-28-31-33-34-35-36-37-38-40-41-44-47-50-53-56-59-62-65-71(74)77-68-69(67-76-70(73)64-61-58-55-52-49-46-43-30-27-24-21-18-15-12-9-6-3)78-72(75)66-63-60-57-54-51-48-45-42-39-32-29-26-23-20-17-14-11-8-5-2/h7-8,10-11,16-17,19-20,25-26,28-30,33-34,36-37,39-43,47-48,50-51,69H,4-6,9,12-15,18,21-24,27,31-32,35,38,44-46,49,52-68H2,1-3H3/b10-7-,11-8-,19-16-,20-17-,28-25-,29-26-,34-33-,37-36-,41-40-,42-39-,43-30-,50-47-,51-48-. The largest absolute Gasteiger partial charge is 0.462 e. The summed E-state index contributed by atoms with van der Waals surface area (Å²) in [4.78, 5) is 38.3. The van der Waals surface area contributed by atoms with Gasteiger partial charge in [0.2, 0.25) is 0 Å². The predicted octanol–water partition coefficient (Wildman–Crippen LogP) is 21.7. The molecule has 1 atom stereocenters. The molecule has 0 fully saturated rings.